The number of H-pyrrole nitrogens is 1. The lowest BCUT2D eigenvalue weighted by Gasteiger charge is -2.27. The van der Waals surface area contributed by atoms with Crippen LogP contribution in [0.25, 0.3) is 22.0 Å². The summed E-state index contributed by atoms with van der Waals surface area (Å²) in [5, 5.41) is 0.850. The number of pyridine rings is 1. The molecule has 2 aromatic heterocycles. The van der Waals surface area contributed by atoms with Crippen LogP contribution in [0.4, 0.5) is 5.69 Å². The number of sulfone groups is 1. The highest BCUT2D eigenvalue weighted by atomic mass is 32.2. The van der Waals surface area contributed by atoms with E-state index in [4.69, 9.17) is 0 Å². The Bertz CT molecular complexity index is 1630. The summed E-state index contributed by atoms with van der Waals surface area (Å²) < 4.78 is 25.5. The number of anilines is 1. The van der Waals surface area contributed by atoms with E-state index in [9.17, 15) is 18.0 Å². The van der Waals surface area contributed by atoms with Crippen molar-refractivity contribution in [3.63, 3.8) is 0 Å². The topological polar surface area (TPSA) is 92.2 Å². The largest absolute Gasteiger partial charge is 0.362 e. The minimum atomic E-state index is -3.22. The second kappa shape index (κ2) is 7.99. The van der Waals surface area contributed by atoms with Crippen molar-refractivity contribution < 1.29 is 13.2 Å². The number of nitrogens with zero attached hydrogens (tertiary/aromatic N) is 2. The summed E-state index contributed by atoms with van der Waals surface area (Å²) >= 11 is 0. The molecule has 2 aromatic carbocycles. The minimum absolute atomic E-state index is 0.00416. The molecule has 0 fully saturated rings. The van der Waals surface area contributed by atoms with Crippen LogP contribution in [0.1, 0.15) is 34.0 Å². The number of carbonyl (C=O) groups excluding carboxylic acids is 1. The van der Waals surface area contributed by atoms with Gasteiger partial charge in [0.25, 0.3) is 5.56 Å². The molecule has 0 saturated carbocycles. The lowest BCUT2D eigenvalue weighted by molar-refractivity contribution is 0.101. The van der Waals surface area contributed by atoms with Crippen LogP contribution in [0.3, 0.4) is 0 Å². The normalized spacial score (nSPS) is 13.1. The molecule has 0 unspecified atom stereocenters. The number of fused-ring (bicyclic) bond motifs is 2. The van der Waals surface area contributed by atoms with Crippen LogP contribution >= 0.6 is 0 Å². The number of ketones is 1. The van der Waals surface area contributed by atoms with Gasteiger partial charge in [0.05, 0.1) is 5.75 Å². The van der Waals surface area contributed by atoms with E-state index in [-0.39, 0.29) is 17.1 Å². The summed E-state index contributed by atoms with van der Waals surface area (Å²) in [6.07, 6.45) is 4.90. The van der Waals surface area contributed by atoms with Crippen molar-refractivity contribution in [3.05, 3.63) is 87.5 Å². The van der Waals surface area contributed by atoms with Gasteiger partial charge in [0.15, 0.2) is 15.6 Å². The molecule has 8 heteroatoms. The third-order valence-corrected chi connectivity index (χ3v) is 7.19. The van der Waals surface area contributed by atoms with Crippen molar-refractivity contribution in [2.75, 3.05) is 11.2 Å². The fourth-order valence-corrected chi connectivity index (χ4v) is 5.65. The summed E-state index contributed by atoms with van der Waals surface area (Å²) in [5.41, 5.74) is 6.32. The standard InChI is InChI=1S/C26H25N3O4S/c1-16(30)20-7-5-4-6-18(20)12-29-13-19-11-27-25-24(19)22(14-28(2)26(25)31)21-10-17(8-9-23(21)29)15-34(3,32)33/h4-11,14,27H,12-13,15H2,1-3H3. The van der Waals surface area contributed by atoms with Crippen molar-refractivity contribution in [3.8, 4) is 11.1 Å². The van der Waals surface area contributed by atoms with Gasteiger partial charge < -0.3 is 14.5 Å². The van der Waals surface area contributed by atoms with Gasteiger partial charge >= 0.3 is 0 Å². The number of Topliss-reactive ketones (excluding diaryl/α,β-unsaturated/α-hetero) is 1. The van der Waals surface area contributed by atoms with Gasteiger partial charge in [-0.3, -0.25) is 9.59 Å². The molecule has 0 bridgehead atoms. The van der Waals surface area contributed by atoms with Crippen LogP contribution in [0.15, 0.2) is 59.7 Å². The first kappa shape index (κ1) is 22.2. The molecule has 0 amide bonds. The maximum atomic E-state index is 12.8. The molecule has 7 nitrogen and oxygen atoms in total. The quantitative estimate of drug-likeness (QED) is 0.443. The Morgan fingerprint density at radius 1 is 1.12 bits per heavy atom. The molecule has 1 N–H and O–H groups in total. The predicted octanol–water partition coefficient (Wildman–Crippen LogP) is 3.80. The molecule has 1 aliphatic rings. The van der Waals surface area contributed by atoms with E-state index < -0.39 is 9.84 Å². The smallest absolute Gasteiger partial charge is 0.274 e. The Labute approximate surface area is 197 Å². The fraction of sp³-hybridized carbons (Fsp3) is 0.231. The Morgan fingerprint density at radius 2 is 1.88 bits per heavy atom. The molecule has 34 heavy (non-hydrogen) atoms. The van der Waals surface area contributed by atoms with Crippen molar-refractivity contribution in [1.29, 1.82) is 0 Å². The third kappa shape index (κ3) is 3.84. The molecule has 0 aliphatic carbocycles. The van der Waals surface area contributed by atoms with E-state index in [1.54, 1.807) is 18.5 Å². The van der Waals surface area contributed by atoms with Gasteiger partial charge in [0.2, 0.25) is 0 Å². The van der Waals surface area contributed by atoms with Crippen molar-refractivity contribution in [2.24, 2.45) is 7.05 Å². The monoisotopic (exact) mass is 475 g/mol. The number of rotatable bonds is 5. The Kier molecular flexibility index (Phi) is 5.20. The second-order valence-corrected chi connectivity index (χ2v) is 11.2. The number of hydrogen-bond donors (Lipinski definition) is 1. The Morgan fingerprint density at radius 3 is 2.62 bits per heavy atom. The van der Waals surface area contributed by atoms with E-state index in [1.807, 2.05) is 54.9 Å². The fourth-order valence-electron chi connectivity index (χ4n) is 4.87. The average molecular weight is 476 g/mol. The van der Waals surface area contributed by atoms with Crippen LogP contribution in [0, 0.1) is 0 Å². The van der Waals surface area contributed by atoms with Crippen molar-refractivity contribution in [1.82, 2.24) is 9.55 Å². The molecule has 0 radical (unpaired) electrons. The molecular formula is C26H25N3O4S. The van der Waals surface area contributed by atoms with E-state index in [2.05, 4.69) is 9.88 Å². The van der Waals surface area contributed by atoms with Crippen LogP contribution in [0.5, 0.6) is 0 Å². The molecule has 5 rings (SSSR count). The van der Waals surface area contributed by atoms with Crippen LogP contribution in [-0.2, 0) is 35.7 Å². The number of nitrogens with one attached hydrogen (secondary N) is 1. The van der Waals surface area contributed by atoms with Crippen molar-refractivity contribution in [2.45, 2.75) is 25.8 Å². The molecule has 0 spiro atoms. The summed E-state index contributed by atoms with van der Waals surface area (Å²) in [5.74, 6) is -0.0630. The van der Waals surface area contributed by atoms with Gasteiger partial charge in [0, 0.05) is 66.6 Å². The van der Waals surface area contributed by atoms with Gasteiger partial charge in [-0.25, -0.2) is 8.42 Å². The van der Waals surface area contributed by atoms with Gasteiger partial charge in [-0.1, -0.05) is 30.3 Å². The number of benzene rings is 2. The zero-order valence-corrected chi connectivity index (χ0v) is 20.1. The summed E-state index contributed by atoms with van der Waals surface area (Å²) in [4.78, 5) is 30.4. The summed E-state index contributed by atoms with van der Waals surface area (Å²) in [6.45, 7) is 2.59. The number of aromatic nitrogens is 2. The van der Waals surface area contributed by atoms with Gasteiger partial charge in [-0.05, 0) is 35.7 Å². The Hall–Kier alpha value is -3.65. The van der Waals surface area contributed by atoms with E-state index in [1.165, 1.54) is 6.26 Å². The first-order valence-electron chi connectivity index (χ1n) is 11.0. The first-order chi connectivity index (χ1) is 16.1. The maximum Gasteiger partial charge on any atom is 0.274 e. The molecule has 3 heterocycles. The van der Waals surface area contributed by atoms with E-state index in [0.29, 0.717) is 29.7 Å². The lowest BCUT2D eigenvalue weighted by atomic mass is 9.99. The highest BCUT2D eigenvalue weighted by molar-refractivity contribution is 7.89. The highest BCUT2D eigenvalue weighted by Gasteiger charge is 2.26. The molecule has 4 aromatic rings. The van der Waals surface area contributed by atoms with E-state index in [0.717, 1.165) is 33.3 Å². The number of aromatic amines is 1. The molecule has 0 atom stereocenters. The highest BCUT2D eigenvalue weighted by Crippen LogP contribution is 2.41. The lowest BCUT2D eigenvalue weighted by Crippen LogP contribution is -2.23. The molecule has 0 saturated heterocycles. The molecule has 1 aliphatic heterocycles. The van der Waals surface area contributed by atoms with Crippen LogP contribution < -0.4 is 10.5 Å². The zero-order chi connectivity index (χ0) is 24.2. The average Bonchev–Trinajstić information content (AvgIpc) is 3.14. The Balaban J connectivity index is 1.74. The summed E-state index contributed by atoms with van der Waals surface area (Å²) in [6, 6.07) is 13.2. The number of carbonyl (C=O) groups is 1. The zero-order valence-electron chi connectivity index (χ0n) is 19.3. The summed E-state index contributed by atoms with van der Waals surface area (Å²) in [7, 11) is -1.51. The van der Waals surface area contributed by atoms with Crippen LogP contribution in [-0.4, -0.2) is 30.0 Å². The van der Waals surface area contributed by atoms with Gasteiger partial charge in [0.1, 0.15) is 5.52 Å². The number of hydrogen-bond acceptors (Lipinski definition) is 5. The predicted molar refractivity (Wildman–Crippen MR) is 134 cm³/mol. The van der Waals surface area contributed by atoms with Gasteiger partial charge in [-0.2, -0.15) is 0 Å². The third-order valence-electron chi connectivity index (χ3n) is 6.33. The first-order valence-corrected chi connectivity index (χ1v) is 13.0. The maximum absolute atomic E-state index is 12.8. The van der Waals surface area contributed by atoms with Crippen LogP contribution in [0.2, 0.25) is 0 Å². The van der Waals surface area contributed by atoms with Gasteiger partial charge in [-0.15, -0.1) is 0 Å². The number of aryl methyl sites for hydroxylation is 1. The molecule has 174 valence electrons. The SMILES string of the molecule is CC(=O)c1ccccc1CN1Cc2c[nH]c3c(=O)n(C)cc(c23)-c2cc(CS(C)(=O)=O)ccc21. The second-order valence-electron chi connectivity index (χ2n) is 9.01. The van der Waals surface area contributed by atoms with E-state index >= 15 is 0 Å². The minimum Gasteiger partial charge on any atom is -0.362 e. The van der Waals surface area contributed by atoms with Crippen molar-refractivity contribution >= 4 is 32.2 Å². The molecular weight excluding hydrogens is 450 g/mol.